The molecule has 30 heavy (non-hydrogen) atoms. The monoisotopic (exact) mass is 431 g/mol. The Morgan fingerprint density at radius 1 is 1.00 bits per heavy atom. The summed E-state index contributed by atoms with van der Waals surface area (Å²) in [5.41, 5.74) is 3.16. The summed E-state index contributed by atoms with van der Waals surface area (Å²) in [6.45, 7) is 10.8. The first kappa shape index (κ1) is 24.1. The van der Waals surface area contributed by atoms with Crippen LogP contribution >= 0.6 is 0 Å². The molecule has 7 heteroatoms. The summed E-state index contributed by atoms with van der Waals surface area (Å²) < 4.78 is 26.7. The lowest BCUT2D eigenvalue weighted by molar-refractivity contribution is -0.123. The molecular weight excluding hydrogens is 398 g/mol. The average molecular weight is 432 g/mol. The summed E-state index contributed by atoms with van der Waals surface area (Å²) >= 11 is 0. The number of nitrogens with zero attached hydrogens (tertiary/aromatic N) is 1. The van der Waals surface area contributed by atoms with E-state index in [0.29, 0.717) is 19.6 Å². The van der Waals surface area contributed by atoms with Crippen LogP contribution in [0.5, 0.6) is 0 Å². The maximum absolute atomic E-state index is 12.6. The maximum Gasteiger partial charge on any atom is 0.243 e. The van der Waals surface area contributed by atoms with Gasteiger partial charge in [0, 0.05) is 25.7 Å². The molecule has 0 aliphatic rings. The van der Waals surface area contributed by atoms with E-state index in [0.717, 1.165) is 16.7 Å². The lowest BCUT2D eigenvalue weighted by Gasteiger charge is -2.21. The van der Waals surface area contributed by atoms with Crippen molar-refractivity contribution < 1.29 is 13.2 Å². The number of amides is 1. The first-order valence-corrected chi connectivity index (χ1v) is 11.8. The van der Waals surface area contributed by atoms with Gasteiger partial charge >= 0.3 is 0 Å². The first-order valence-electron chi connectivity index (χ1n) is 10.4. The Morgan fingerprint density at radius 3 is 2.17 bits per heavy atom. The highest BCUT2D eigenvalue weighted by Gasteiger charge is 2.22. The van der Waals surface area contributed by atoms with E-state index in [9.17, 15) is 13.2 Å². The van der Waals surface area contributed by atoms with E-state index >= 15 is 0 Å². The van der Waals surface area contributed by atoms with E-state index in [1.165, 1.54) is 4.31 Å². The molecule has 0 fully saturated rings. The Balaban J connectivity index is 1.97. The summed E-state index contributed by atoms with van der Waals surface area (Å²) in [5, 5.41) is 6.24. The van der Waals surface area contributed by atoms with E-state index in [1.54, 1.807) is 24.3 Å². The molecule has 0 saturated carbocycles. The fourth-order valence-corrected chi connectivity index (χ4v) is 4.79. The number of hydrogen-bond donors (Lipinski definition) is 2. The highest BCUT2D eigenvalue weighted by Crippen LogP contribution is 2.19. The largest absolute Gasteiger partial charge is 0.351 e. The molecule has 2 atom stereocenters. The van der Waals surface area contributed by atoms with Gasteiger partial charge < -0.3 is 5.32 Å². The second kappa shape index (κ2) is 10.7. The zero-order valence-electron chi connectivity index (χ0n) is 18.5. The zero-order valence-corrected chi connectivity index (χ0v) is 19.3. The minimum atomic E-state index is -3.47. The second-order valence-electron chi connectivity index (χ2n) is 7.41. The number of hydrogen-bond acceptors (Lipinski definition) is 4. The van der Waals surface area contributed by atoms with Gasteiger partial charge in [0.2, 0.25) is 15.9 Å². The van der Waals surface area contributed by atoms with E-state index in [-0.39, 0.29) is 22.9 Å². The van der Waals surface area contributed by atoms with Gasteiger partial charge in [-0.15, -0.1) is 0 Å². The number of sulfonamides is 1. The molecule has 0 aromatic heterocycles. The van der Waals surface area contributed by atoms with Crippen LogP contribution in [-0.2, 0) is 21.4 Å². The number of carbonyl (C=O) groups is 1. The molecule has 6 nitrogen and oxygen atoms in total. The van der Waals surface area contributed by atoms with Crippen LogP contribution in [0.3, 0.4) is 0 Å². The standard InChI is InChI=1S/C23H33N3O3S/c1-6-26(7-2)30(28,29)22-14-12-20(13-15-22)18(4)25-19(5)23(27)24-16-21-11-9-8-10-17(21)3/h8-15,18-19,25H,6-7,16H2,1-5H3,(H,24,27). The Bertz CT molecular complexity index is 938. The Morgan fingerprint density at radius 2 is 1.60 bits per heavy atom. The normalized spacial score (nSPS) is 13.8. The van der Waals surface area contributed by atoms with Crippen LogP contribution in [0.2, 0.25) is 0 Å². The van der Waals surface area contributed by atoms with Crippen molar-refractivity contribution >= 4 is 15.9 Å². The van der Waals surface area contributed by atoms with Crippen LogP contribution in [0.15, 0.2) is 53.4 Å². The molecule has 164 valence electrons. The second-order valence-corrected chi connectivity index (χ2v) is 9.35. The zero-order chi connectivity index (χ0) is 22.3. The van der Waals surface area contributed by atoms with Gasteiger partial charge in [0.05, 0.1) is 10.9 Å². The molecule has 1 amide bonds. The Kier molecular flexibility index (Phi) is 8.58. The van der Waals surface area contributed by atoms with Gasteiger partial charge in [-0.25, -0.2) is 8.42 Å². The van der Waals surface area contributed by atoms with Crippen molar-refractivity contribution in [3.8, 4) is 0 Å². The maximum atomic E-state index is 12.6. The third kappa shape index (κ3) is 5.90. The number of benzene rings is 2. The highest BCUT2D eigenvalue weighted by atomic mass is 32.2. The van der Waals surface area contributed by atoms with Crippen LogP contribution in [0.1, 0.15) is 50.4 Å². The van der Waals surface area contributed by atoms with E-state index in [1.807, 2.05) is 58.9 Å². The molecular formula is C23H33N3O3S. The molecule has 2 N–H and O–H groups in total. The highest BCUT2D eigenvalue weighted by molar-refractivity contribution is 7.89. The molecule has 0 radical (unpaired) electrons. The average Bonchev–Trinajstić information content (AvgIpc) is 2.73. The molecule has 0 heterocycles. The van der Waals surface area contributed by atoms with Crippen molar-refractivity contribution in [2.45, 2.75) is 58.1 Å². The van der Waals surface area contributed by atoms with Gasteiger partial charge in [-0.2, -0.15) is 4.31 Å². The molecule has 0 spiro atoms. The van der Waals surface area contributed by atoms with E-state index < -0.39 is 10.0 Å². The molecule has 2 aromatic carbocycles. The lowest BCUT2D eigenvalue weighted by atomic mass is 10.1. The quantitative estimate of drug-likeness (QED) is 0.604. The minimum absolute atomic E-state index is 0.0779. The summed E-state index contributed by atoms with van der Waals surface area (Å²) in [6, 6.07) is 14.3. The van der Waals surface area contributed by atoms with Crippen molar-refractivity contribution in [3.05, 3.63) is 65.2 Å². The third-order valence-corrected chi connectivity index (χ3v) is 7.40. The van der Waals surface area contributed by atoms with Gasteiger partial charge in [-0.1, -0.05) is 50.2 Å². The molecule has 2 rings (SSSR count). The summed E-state index contributed by atoms with van der Waals surface area (Å²) in [4.78, 5) is 12.7. The van der Waals surface area contributed by atoms with Gasteiger partial charge in [0.25, 0.3) is 0 Å². The van der Waals surface area contributed by atoms with E-state index in [4.69, 9.17) is 0 Å². The molecule has 0 aliphatic heterocycles. The van der Waals surface area contributed by atoms with Crippen LogP contribution in [0.4, 0.5) is 0 Å². The SMILES string of the molecule is CCN(CC)S(=O)(=O)c1ccc(C(C)NC(C)C(=O)NCc2ccccc2C)cc1. The predicted molar refractivity (Wildman–Crippen MR) is 121 cm³/mol. The smallest absolute Gasteiger partial charge is 0.243 e. The fraction of sp³-hybridized carbons (Fsp3) is 0.435. The Hall–Kier alpha value is -2.22. The molecule has 2 unspecified atom stereocenters. The summed E-state index contributed by atoms with van der Waals surface area (Å²) in [6.07, 6.45) is 0. The molecule has 2 aromatic rings. The number of aryl methyl sites for hydroxylation is 1. The number of rotatable bonds is 10. The fourth-order valence-electron chi connectivity index (χ4n) is 3.33. The van der Waals surface area contributed by atoms with Crippen molar-refractivity contribution in [2.75, 3.05) is 13.1 Å². The molecule has 0 saturated heterocycles. The lowest BCUT2D eigenvalue weighted by Crippen LogP contribution is -2.42. The first-order chi connectivity index (χ1) is 14.2. The number of carbonyl (C=O) groups excluding carboxylic acids is 1. The van der Waals surface area contributed by atoms with Crippen LogP contribution in [-0.4, -0.2) is 37.8 Å². The number of nitrogens with one attached hydrogen (secondary N) is 2. The Labute approximate surface area is 180 Å². The van der Waals surface area contributed by atoms with Gasteiger partial charge in [0.15, 0.2) is 0 Å². The van der Waals surface area contributed by atoms with Gasteiger partial charge in [-0.3, -0.25) is 10.1 Å². The van der Waals surface area contributed by atoms with Crippen LogP contribution < -0.4 is 10.6 Å². The molecule has 0 aliphatic carbocycles. The van der Waals surface area contributed by atoms with Crippen molar-refractivity contribution in [1.82, 2.24) is 14.9 Å². The van der Waals surface area contributed by atoms with Crippen molar-refractivity contribution in [1.29, 1.82) is 0 Å². The van der Waals surface area contributed by atoms with Crippen molar-refractivity contribution in [2.24, 2.45) is 0 Å². The minimum Gasteiger partial charge on any atom is -0.351 e. The van der Waals surface area contributed by atoms with Crippen LogP contribution in [0, 0.1) is 6.92 Å². The predicted octanol–water partition coefficient (Wildman–Crippen LogP) is 3.38. The summed E-state index contributed by atoms with van der Waals surface area (Å²) in [5.74, 6) is -0.0779. The van der Waals surface area contributed by atoms with E-state index in [2.05, 4.69) is 10.6 Å². The topological polar surface area (TPSA) is 78.5 Å². The van der Waals surface area contributed by atoms with Crippen LogP contribution in [0.25, 0.3) is 0 Å². The van der Waals surface area contributed by atoms with Gasteiger partial charge in [-0.05, 0) is 49.6 Å². The summed E-state index contributed by atoms with van der Waals surface area (Å²) in [7, 11) is -3.47. The van der Waals surface area contributed by atoms with Crippen molar-refractivity contribution in [3.63, 3.8) is 0 Å². The van der Waals surface area contributed by atoms with Gasteiger partial charge in [0.1, 0.15) is 0 Å². The third-order valence-electron chi connectivity index (χ3n) is 5.33. The molecule has 0 bridgehead atoms.